The van der Waals surface area contributed by atoms with Crippen LogP contribution in [0.4, 0.5) is 23.0 Å². The van der Waals surface area contributed by atoms with Crippen molar-refractivity contribution < 1.29 is 4.92 Å². The molecule has 3 aromatic rings. The molecule has 2 N–H and O–H groups in total. The van der Waals surface area contributed by atoms with E-state index in [9.17, 15) is 10.1 Å². The first-order valence-electron chi connectivity index (χ1n) is 8.81. The van der Waals surface area contributed by atoms with Gasteiger partial charge >= 0.3 is 5.69 Å². The van der Waals surface area contributed by atoms with Gasteiger partial charge in [0, 0.05) is 12.2 Å². The first-order chi connectivity index (χ1) is 13.2. The summed E-state index contributed by atoms with van der Waals surface area (Å²) in [4.78, 5) is 19.4. The van der Waals surface area contributed by atoms with Gasteiger partial charge in [0.25, 0.3) is 0 Å². The van der Waals surface area contributed by atoms with Crippen LogP contribution in [0.25, 0.3) is 0 Å². The largest absolute Gasteiger partial charge is 0.364 e. The highest BCUT2D eigenvalue weighted by Crippen LogP contribution is 2.32. The number of aryl methyl sites for hydroxylation is 1. The Morgan fingerprint density at radius 1 is 1.00 bits per heavy atom. The maximum atomic E-state index is 11.7. The van der Waals surface area contributed by atoms with Crippen LogP contribution in [0, 0.1) is 10.1 Å². The van der Waals surface area contributed by atoms with Gasteiger partial charge in [-0.3, -0.25) is 10.1 Å². The standard InChI is InChI=1S/C20H21N5O2/c1-2-16-10-6-7-11-17(16)24-20-18(25(26)27)19(22-14-23-20)21-13-12-15-8-4-3-5-9-15/h3-11,14H,2,12-13H2,1H3,(H2,21,22,23,24). The molecule has 0 atom stereocenters. The Labute approximate surface area is 157 Å². The van der Waals surface area contributed by atoms with E-state index in [0.717, 1.165) is 29.7 Å². The Morgan fingerprint density at radius 2 is 1.70 bits per heavy atom. The van der Waals surface area contributed by atoms with Crippen molar-refractivity contribution in [3.05, 3.63) is 82.2 Å². The van der Waals surface area contributed by atoms with Crippen LogP contribution in [0.3, 0.4) is 0 Å². The van der Waals surface area contributed by atoms with E-state index >= 15 is 0 Å². The van der Waals surface area contributed by atoms with E-state index in [4.69, 9.17) is 0 Å². The van der Waals surface area contributed by atoms with Gasteiger partial charge in [0.15, 0.2) is 0 Å². The molecule has 0 aliphatic carbocycles. The van der Waals surface area contributed by atoms with Gasteiger partial charge in [-0.15, -0.1) is 0 Å². The summed E-state index contributed by atoms with van der Waals surface area (Å²) in [6.45, 7) is 2.57. The lowest BCUT2D eigenvalue weighted by molar-refractivity contribution is -0.383. The van der Waals surface area contributed by atoms with Gasteiger partial charge in [-0.2, -0.15) is 0 Å². The average molecular weight is 363 g/mol. The van der Waals surface area contributed by atoms with Crippen LogP contribution < -0.4 is 10.6 Å². The maximum Gasteiger partial charge on any atom is 0.353 e. The molecule has 0 aliphatic rings. The van der Waals surface area contributed by atoms with Crippen LogP contribution in [0.1, 0.15) is 18.1 Å². The Morgan fingerprint density at radius 3 is 2.44 bits per heavy atom. The van der Waals surface area contributed by atoms with Crippen LogP contribution in [0.2, 0.25) is 0 Å². The van der Waals surface area contributed by atoms with Gasteiger partial charge in [0.1, 0.15) is 6.33 Å². The monoisotopic (exact) mass is 363 g/mol. The van der Waals surface area contributed by atoms with E-state index in [1.807, 2.05) is 61.5 Å². The van der Waals surface area contributed by atoms with Crippen molar-refractivity contribution >= 4 is 23.0 Å². The molecule has 0 bridgehead atoms. The fraction of sp³-hybridized carbons (Fsp3) is 0.200. The zero-order chi connectivity index (χ0) is 19.1. The maximum absolute atomic E-state index is 11.7. The Kier molecular flexibility index (Phi) is 5.94. The van der Waals surface area contributed by atoms with Crippen LogP contribution in [0.5, 0.6) is 0 Å². The van der Waals surface area contributed by atoms with Gasteiger partial charge < -0.3 is 10.6 Å². The molecule has 0 fully saturated rings. The highest BCUT2D eigenvalue weighted by Gasteiger charge is 2.23. The molecule has 0 aliphatic heterocycles. The first kappa shape index (κ1) is 18.3. The van der Waals surface area contributed by atoms with Crippen LogP contribution in [-0.4, -0.2) is 21.4 Å². The number of nitrogens with one attached hydrogen (secondary N) is 2. The second-order valence-corrected chi connectivity index (χ2v) is 5.97. The molecule has 1 heterocycles. The number of hydrogen-bond donors (Lipinski definition) is 2. The summed E-state index contributed by atoms with van der Waals surface area (Å²) in [5.41, 5.74) is 2.86. The fourth-order valence-corrected chi connectivity index (χ4v) is 2.82. The van der Waals surface area contributed by atoms with Gasteiger partial charge in [0.2, 0.25) is 11.6 Å². The molecule has 0 saturated heterocycles. The molecular formula is C20H21N5O2. The molecule has 0 radical (unpaired) electrons. The minimum absolute atomic E-state index is 0.156. The van der Waals surface area contributed by atoms with Crippen molar-refractivity contribution in [2.75, 3.05) is 17.2 Å². The molecule has 3 rings (SSSR count). The predicted octanol–water partition coefficient (Wildman–Crippen LogP) is 4.35. The molecule has 138 valence electrons. The van der Waals surface area contributed by atoms with Crippen molar-refractivity contribution in [2.24, 2.45) is 0 Å². The van der Waals surface area contributed by atoms with E-state index in [2.05, 4.69) is 20.6 Å². The molecule has 7 nitrogen and oxygen atoms in total. The lowest BCUT2D eigenvalue weighted by atomic mass is 10.1. The third-order valence-electron chi connectivity index (χ3n) is 4.21. The topological polar surface area (TPSA) is 93.0 Å². The number of nitrogens with zero attached hydrogens (tertiary/aromatic N) is 3. The molecule has 0 unspecified atom stereocenters. The summed E-state index contributed by atoms with van der Waals surface area (Å²) in [6, 6.07) is 17.6. The smallest absolute Gasteiger partial charge is 0.353 e. The van der Waals surface area contributed by atoms with Gasteiger partial charge in [-0.25, -0.2) is 9.97 Å². The van der Waals surface area contributed by atoms with E-state index < -0.39 is 4.92 Å². The Bertz CT molecular complexity index is 915. The van der Waals surface area contributed by atoms with Crippen LogP contribution in [-0.2, 0) is 12.8 Å². The molecule has 2 aromatic carbocycles. The number of rotatable bonds is 8. The van der Waals surface area contributed by atoms with Crippen LogP contribution in [0.15, 0.2) is 60.9 Å². The van der Waals surface area contributed by atoms with Crippen molar-refractivity contribution in [3.8, 4) is 0 Å². The van der Waals surface area contributed by atoms with Crippen LogP contribution >= 0.6 is 0 Å². The molecular weight excluding hydrogens is 342 g/mol. The summed E-state index contributed by atoms with van der Waals surface area (Å²) in [6.07, 6.45) is 2.88. The molecule has 1 aromatic heterocycles. The Hall–Kier alpha value is -3.48. The van der Waals surface area contributed by atoms with Crippen molar-refractivity contribution in [1.82, 2.24) is 9.97 Å². The normalized spacial score (nSPS) is 10.4. The molecule has 0 saturated carbocycles. The summed E-state index contributed by atoms with van der Waals surface area (Å²) >= 11 is 0. The predicted molar refractivity (Wildman–Crippen MR) is 106 cm³/mol. The van der Waals surface area contributed by atoms with E-state index in [1.54, 1.807) is 0 Å². The summed E-state index contributed by atoms with van der Waals surface area (Å²) in [5.74, 6) is 0.389. The number of para-hydroxylation sites is 1. The number of benzene rings is 2. The Balaban J connectivity index is 1.81. The third-order valence-corrected chi connectivity index (χ3v) is 4.21. The zero-order valence-electron chi connectivity index (χ0n) is 15.1. The van der Waals surface area contributed by atoms with E-state index in [-0.39, 0.29) is 17.3 Å². The quantitative estimate of drug-likeness (QED) is 0.457. The minimum atomic E-state index is -0.457. The van der Waals surface area contributed by atoms with Crippen molar-refractivity contribution in [1.29, 1.82) is 0 Å². The molecule has 7 heteroatoms. The second kappa shape index (κ2) is 8.75. The highest BCUT2D eigenvalue weighted by atomic mass is 16.6. The molecule has 27 heavy (non-hydrogen) atoms. The lowest BCUT2D eigenvalue weighted by Crippen LogP contribution is -2.11. The minimum Gasteiger partial charge on any atom is -0.364 e. The van der Waals surface area contributed by atoms with E-state index in [1.165, 1.54) is 6.33 Å². The fourth-order valence-electron chi connectivity index (χ4n) is 2.82. The number of hydrogen-bond acceptors (Lipinski definition) is 6. The summed E-state index contributed by atoms with van der Waals surface area (Å²) < 4.78 is 0. The number of anilines is 3. The van der Waals surface area contributed by atoms with Gasteiger partial charge in [-0.1, -0.05) is 55.5 Å². The summed E-state index contributed by atoms with van der Waals surface area (Å²) in [5, 5.41) is 17.8. The zero-order valence-corrected chi connectivity index (χ0v) is 15.1. The average Bonchev–Trinajstić information content (AvgIpc) is 2.69. The van der Waals surface area contributed by atoms with Gasteiger partial charge in [0.05, 0.1) is 4.92 Å². The third kappa shape index (κ3) is 4.58. The van der Waals surface area contributed by atoms with Gasteiger partial charge in [-0.05, 0) is 30.0 Å². The van der Waals surface area contributed by atoms with Crippen molar-refractivity contribution in [3.63, 3.8) is 0 Å². The molecule has 0 spiro atoms. The summed E-state index contributed by atoms with van der Waals surface area (Å²) in [7, 11) is 0. The lowest BCUT2D eigenvalue weighted by Gasteiger charge is -2.12. The second-order valence-electron chi connectivity index (χ2n) is 5.97. The van der Waals surface area contributed by atoms with Crippen molar-refractivity contribution in [2.45, 2.75) is 19.8 Å². The highest BCUT2D eigenvalue weighted by molar-refractivity contribution is 5.74. The molecule has 0 amide bonds. The number of nitro groups is 1. The SMILES string of the molecule is CCc1ccccc1Nc1ncnc(NCCc2ccccc2)c1[N+](=O)[O-]. The number of aromatic nitrogens is 2. The van der Waals surface area contributed by atoms with E-state index in [0.29, 0.717) is 6.54 Å². The first-order valence-corrected chi connectivity index (χ1v) is 8.81.